The van der Waals surface area contributed by atoms with Crippen molar-refractivity contribution in [1.82, 2.24) is 0 Å². The number of ether oxygens (including phenoxy) is 3. The molecular weight excluding hydrogens is 805 g/mol. The molecule has 0 bridgehead atoms. The molecule has 6 nitrogen and oxygen atoms in total. The standard InChI is InChI=1S/C59H104O6/c1-4-7-10-13-16-19-22-25-28-29-32-34-37-40-43-46-49-52-58(61)64-55-56(65-59(62)53-50-47-44-41-38-35-31-27-24-21-18-15-12-9-6-3)54-63-57(60)51-48-45-42-39-36-33-30-26-23-20-17-14-11-8-5-2/h16,19,21,24-25,28,32,34,40,43,56H,4-15,17-18,20,22-23,26-27,29-31,33,35-39,41-42,44-55H2,1-3H3/b19-16-,24-21-,28-25-,34-32-,43-40-/t56-/m0/s1. The van der Waals surface area contributed by atoms with Gasteiger partial charge in [-0.05, 0) is 83.5 Å². The van der Waals surface area contributed by atoms with Crippen LogP contribution in [0.5, 0.6) is 0 Å². The lowest BCUT2D eigenvalue weighted by Crippen LogP contribution is -2.30. The number of unbranched alkanes of at least 4 members (excludes halogenated alkanes) is 29. The Morgan fingerprint density at radius 1 is 0.308 bits per heavy atom. The van der Waals surface area contributed by atoms with Crippen LogP contribution in [0.2, 0.25) is 0 Å². The highest BCUT2D eigenvalue weighted by molar-refractivity contribution is 5.71. The second kappa shape index (κ2) is 53.7. The van der Waals surface area contributed by atoms with Gasteiger partial charge in [0.1, 0.15) is 13.2 Å². The van der Waals surface area contributed by atoms with Crippen molar-refractivity contribution in [2.45, 2.75) is 284 Å². The minimum Gasteiger partial charge on any atom is -0.462 e. The summed E-state index contributed by atoms with van der Waals surface area (Å²) in [5.41, 5.74) is 0. The molecule has 376 valence electrons. The van der Waals surface area contributed by atoms with E-state index in [2.05, 4.69) is 81.5 Å². The van der Waals surface area contributed by atoms with E-state index in [1.54, 1.807) is 0 Å². The van der Waals surface area contributed by atoms with Crippen molar-refractivity contribution < 1.29 is 28.6 Å². The van der Waals surface area contributed by atoms with Gasteiger partial charge in [-0.15, -0.1) is 0 Å². The number of rotatable bonds is 50. The number of esters is 3. The molecule has 65 heavy (non-hydrogen) atoms. The summed E-state index contributed by atoms with van der Waals surface area (Å²) in [5, 5.41) is 0. The van der Waals surface area contributed by atoms with Crippen molar-refractivity contribution in [3.05, 3.63) is 60.8 Å². The molecule has 0 aliphatic heterocycles. The van der Waals surface area contributed by atoms with E-state index in [1.807, 2.05) is 0 Å². The maximum atomic E-state index is 12.8. The molecule has 0 radical (unpaired) electrons. The van der Waals surface area contributed by atoms with E-state index in [-0.39, 0.29) is 37.5 Å². The summed E-state index contributed by atoms with van der Waals surface area (Å²) in [6.07, 6.45) is 66.3. The summed E-state index contributed by atoms with van der Waals surface area (Å²) in [6, 6.07) is 0. The van der Waals surface area contributed by atoms with Crippen LogP contribution in [0.3, 0.4) is 0 Å². The molecule has 0 aliphatic rings. The smallest absolute Gasteiger partial charge is 0.306 e. The molecule has 6 heteroatoms. The molecule has 0 aromatic carbocycles. The zero-order valence-corrected chi connectivity index (χ0v) is 43.0. The Morgan fingerprint density at radius 3 is 0.985 bits per heavy atom. The van der Waals surface area contributed by atoms with E-state index in [0.29, 0.717) is 19.3 Å². The van der Waals surface area contributed by atoms with Crippen LogP contribution in [-0.2, 0) is 28.6 Å². The van der Waals surface area contributed by atoms with E-state index >= 15 is 0 Å². The minimum atomic E-state index is -0.796. The van der Waals surface area contributed by atoms with Gasteiger partial charge in [-0.1, -0.05) is 236 Å². The van der Waals surface area contributed by atoms with Crippen molar-refractivity contribution in [3.8, 4) is 0 Å². The SMILES string of the molecule is CCCCC/C=C\C/C=C\C/C=C\C/C=C\CCCC(=O)OC[C@H](COC(=O)CCCCCCCCCCCCCCCCC)OC(=O)CCCCCCCCC/C=C\CCCCCC. The maximum Gasteiger partial charge on any atom is 0.306 e. The molecule has 0 aliphatic carbocycles. The van der Waals surface area contributed by atoms with Crippen molar-refractivity contribution in [1.29, 1.82) is 0 Å². The van der Waals surface area contributed by atoms with Gasteiger partial charge < -0.3 is 14.2 Å². The lowest BCUT2D eigenvalue weighted by atomic mass is 10.0. The molecular formula is C59H104O6. The predicted octanol–water partition coefficient (Wildman–Crippen LogP) is 18.4. The number of allylic oxidation sites excluding steroid dienone is 10. The van der Waals surface area contributed by atoms with Gasteiger partial charge in [-0.2, -0.15) is 0 Å². The van der Waals surface area contributed by atoms with Gasteiger partial charge in [-0.3, -0.25) is 14.4 Å². The molecule has 0 fully saturated rings. The van der Waals surface area contributed by atoms with Gasteiger partial charge in [0.2, 0.25) is 0 Å². The third-order valence-corrected chi connectivity index (χ3v) is 12.0. The van der Waals surface area contributed by atoms with Crippen LogP contribution in [0.4, 0.5) is 0 Å². The first-order valence-electron chi connectivity index (χ1n) is 27.8. The molecule has 0 saturated heterocycles. The van der Waals surface area contributed by atoms with Crippen molar-refractivity contribution in [2.75, 3.05) is 13.2 Å². The fraction of sp³-hybridized carbons (Fsp3) is 0.780. The highest BCUT2D eigenvalue weighted by Crippen LogP contribution is 2.15. The third kappa shape index (κ3) is 51.9. The quantitative estimate of drug-likeness (QED) is 0.0262. The highest BCUT2D eigenvalue weighted by atomic mass is 16.6. The summed E-state index contributed by atoms with van der Waals surface area (Å²) >= 11 is 0. The normalized spacial score (nSPS) is 12.5. The van der Waals surface area contributed by atoms with E-state index in [1.165, 1.54) is 167 Å². The highest BCUT2D eigenvalue weighted by Gasteiger charge is 2.19. The minimum absolute atomic E-state index is 0.0904. The lowest BCUT2D eigenvalue weighted by molar-refractivity contribution is -0.167. The Balaban J connectivity index is 4.45. The zero-order valence-electron chi connectivity index (χ0n) is 43.0. The van der Waals surface area contributed by atoms with Crippen LogP contribution in [0.1, 0.15) is 278 Å². The Labute approximate surface area is 402 Å². The molecule has 0 aromatic rings. The van der Waals surface area contributed by atoms with Crippen LogP contribution < -0.4 is 0 Å². The fourth-order valence-corrected chi connectivity index (χ4v) is 7.78. The predicted molar refractivity (Wildman–Crippen MR) is 279 cm³/mol. The van der Waals surface area contributed by atoms with Gasteiger partial charge in [0, 0.05) is 19.3 Å². The first-order chi connectivity index (χ1) is 32.0. The summed E-state index contributed by atoms with van der Waals surface area (Å²) in [7, 11) is 0. The van der Waals surface area contributed by atoms with Gasteiger partial charge in [0.15, 0.2) is 6.10 Å². The molecule has 0 spiro atoms. The van der Waals surface area contributed by atoms with E-state index in [0.717, 1.165) is 64.2 Å². The maximum absolute atomic E-state index is 12.8. The lowest BCUT2D eigenvalue weighted by Gasteiger charge is -2.18. The summed E-state index contributed by atoms with van der Waals surface area (Å²) in [6.45, 7) is 6.57. The van der Waals surface area contributed by atoms with Crippen molar-refractivity contribution in [3.63, 3.8) is 0 Å². The third-order valence-electron chi connectivity index (χ3n) is 12.0. The Morgan fingerprint density at radius 2 is 0.569 bits per heavy atom. The van der Waals surface area contributed by atoms with Crippen LogP contribution in [0.15, 0.2) is 60.8 Å². The summed E-state index contributed by atoms with van der Waals surface area (Å²) in [4.78, 5) is 38.1. The topological polar surface area (TPSA) is 78.9 Å². The first-order valence-corrected chi connectivity index (χ1v) is 27.8. The molecule has 0 rings (SSSR count). The molecule has 0 saturated carbocycles. The molecule has 0 heterocycles. The molecule has 0 aromatic heterocycles. The summed E-state index contributed by atoms with van der Waals surface area (Å²) in [5.74, 6) is -0.944. The average Bonchev–Trinajstić information content (AvgIpc) is 3.30. The van der Waals surface area contributed by atoms with Crippen molar-refractivity contribution in [2.24, 2.45) is 0 Å². The van der Waals surface area contributed by atoms with Crippen LogP contribution in [-0.4, -0.2) is 37.2 Å². The van der Waals surface area contributed by atoms with E-state index in [4.69, 9.17) is 14.2 Å². The average molecular weight is 909 g/mol. The Hall–Kier alpha value is -2.89. The number of carbonyl (C=O) groups is 3. The number of hydrogen-bond acceptors (Lipinski definition) is 6. The van der Waals surface area contributed by atoms with Gasteiger partial charge >= 0.3 is 17.9 Å². The fourth-order valence-electron chi connectivity index (χ4n) is 7.78. The van der Waals surface area contributed by atoms with E-state index in [9.17, 15) is 14.4 Å². The van der Waals surface area contributed by atoms with Gasteiger partial charge in [0.05, 0.1) is 0 Å². The van der Waals surface area contributed by atoms with Gasteiger partial charge in [0.25, 0.3) is 0 Å². The molecule has 0 N–H and O–H groups in total. The first kappa shape index (κ1) is 62.1. The monoisotopic (exact) mass is 909 g/mol. The Bertz CT molecular complexity index is 1180. The Kier molecular flexibility index (Phi) is 51.3. The van der Waals surface area contributed by atoms with Crippen LogP contribution in [0.25, 0.3) is 0 Å². The molecule has 0 unspecified atom stereocenters. The van der Waals surface area contributed by atoms with E-state index < -0.39 is 6.10 Å². The number of hydrogen-bond donors (Lipinski definition) is 0. The largest absolute Gasteiger partial charge is 0.462 e. The summed E-state index contributed by atoms with van der Waals surface area (Å²) < 4.78 is 16.8. The van der Waals surface area contributed by atoms with Crippen LogP contribution >= 0.6 is 0 Å². The number of carbonyl (C=O) groups excluding carboxylic acids is 3. The molecule has 0 amide bonds. The zero-order chi connectivity index (χ0) is 47.2. The van der Waals surface area contributed by atoms with Crippen LogP contribution in [0, 0.1) is 0 Å². The van der Waals surface area contributed by atoms with Crippen molar-refractivity contribution >= 4 is 17.9 Å². The molecule has 1 atom stereocenters. The second-order valence-corrected chi connectivity index (χ2v) is 18.5. The van der Waals surface area contributed by atoms with Gasteiger partial charge in [-0.25, -0.2) is 0 Å². The second-order valence-electron chi connectivity index (χ2n) is 18.5.